The van der Waals surface area contributed by atoms with Gasteiger partial charge in [-0.15, -0.1) is 0 Å². The second kappa shape index (κ2) is 5.06. The van der Waals surface area contributed by atoms with Crippen LogP contribution in [0, 0.1) is 0 Å². The van der Waals surface area contributed by atoms with Gasteiger partial charge in [0.25, 0.3) is 0 Å². The van der Waals surface area contributed by atoms with Gasteiger partial charge >= 0.3 is 6.03 Å². The molecule has 0 aliphatic heterocycles. The number of carbonyl (C=O) groups is 1. The van der Waals surface area contributed by atoms with Crippen LogP contribution in [0.4, 0.5) is 10.5 Å². The number of hydrogen-bond acceptors (Lipinski definition) is 1. The standard InChI is InChI=1S/C11H12BrClN2O/c12-9-6-7(13)4-5-10(9)15-11(16)14-8-2-1-3-8/h4-6,8H,1-3H2,(H2,14,15,16). The minimum atomic E-state index is -0.160. The predicted octanol–water partition coefficient (Wildman–Crippen LogP) is 3.78. The molecule has 1 aromatic rings. The Labute approximate surface area is 108 Å². The molecule has 1 aromatic carbocycles. The zero-order chi connectivity index (χ0) is 11.5. The SMILES string of the molecule is O=C(Nc1ccc(Cl)cc1Br)NC1CCC1. The van der Waals surface area contributed by atoms with Crippen molar-refractivity contribution >= 4 is 39.2 Å². The number of rotatable bonds is 2. The number of anilines is 1. The second-order valence-corrected chi connectivity index (χ2v) is 5.14. The van der Waals surface area contributed by atoms with Gasteiger partial charge in [-0.05, 0) is 53.4 Å². The predicted molar refractivity (Wildman–Crippen MR) is 68.9 cm³/mol. The van der Waals surface area contributed by atoms with Crippen LogP contribution in [-0.4, -0.2) is 12.1 Å². The van der Waals surface area contributed by atoms with Gasteiger partial charge in [0, 0.05) is 15.5 Å². The van der Waals surface area contributed by atoms with E-state index >= 15 is 0 Å². The molecule has 2 N–H and O–H groups in total. The van der Waals surface area contributed by atoms with Crippen molar-refractivity contribution in [3.05, 3.63) is 27.7 Å². The Bertz CT molecular complexity index is 407. The molecule has 0 radical (unpaired) electrons. The minimum Gasteiger partial charge on any atom is -0.335 e. The van der Waals surface area contributed by atoms with Crippen LogP contribution < -0.4 is 10.6 Å². The fourth-order valence-electron chi connectivity index (χ4n) is 1.49. The van der Waals surface area contributed by atoms with E-state index in [4.69, 9.17) is 11.6 Å². The molecule has 1 aliphatic carbocycles. The van der Waals surface area contributed by atoms with Crippen LogP contribution in [-0.2, 0) is 0 Å². The summed E-state index contributed by atoms with van der Waals surface area (Å²) in [5, 5.41) is 6.32. The van der Waals surface area contributed by atoms with Crippen molar-refractivity contribution in [1.29, 1.82) is 0 Å². The van der Waals surface area contributed by atoms with Crippen molar-refractivity contribution in [3.63, 3.8) is 0 Å². The first kappa shape index (κ1) is 11.7. The molecule has 0 spiro atoms. The summed E-state index contributed by atoms with van der Waals surface area (Å²) in [5.74, 6) is 0. The molecule has 0 bridgehead atoms. The van der Waals surface area contributed by atoms with Gasteiger partial charge in [0.2, 0.25) is 0 Å². The molecule has 0 atom stereocenters. The molecule has 1 aliphatic rings. The largest absolute Gasteiger partial charge is 0.335 e. The quantitative estimate of drug-likeness (QED) is 0.858. The number of hydrogen-bond donors (Lipinski definition) is 2. The molecular weight excluding hydrogens is 291 g/mol. The first-order chi connectivity index (χ1) is 7.65. The topological polar surface area (TPSA) is 41.1 Å². The van der Waals surface area contributed by atoms with Crippen LogP contribution in [0.15, 0.2) is 22.7 Å². The van der Waals surface area contributed by atoms with E-state index in [1.54, 1.807) is 18.2 Å². The van der Waals surface area contributed by atoms with Gasteiger partial charge in [-0.25, -0.2) is 4.79 Å². The third-order valence-electron chi connectivity index (χ3n) is 2.62. The first-order valence-electron chi connectivity index (χ1n) is 5.18. The smallest absolute Gasteiger partial charge is 0.319 e. The second-order valence-electron chi connectivity index (χ2n) is 3.85. The van der Waals surface area contributed by atoms with Crippen LogP contribution in [0.2, 0.25) is 5.02 Å². The Hall–Kier alpha value is -0.740. The van der Waals surface area contributed by atoms with Crippen molar-refractivity contribution in [3.8, 4) is 0 Å². The number of benzene rings is 1. The van der Waals surface area contributed by atoms with Crippen molar-refractivity contribution in [2.45, 2.75) is 25.3 Å². The molecule has 2 rings (SSSR count). The van der Waals surface area contributed by atoms with Crippen LogP contribution in [0.5, 0.6) is 0 Å². The molecule has 1 fully saturated rings. The highest BCUT2D eigenvalue weighted by Crippen LogP contribution is 2.26. The molecule has 5 heteroatoms. The zero-order valence-corrected chi connectivity index (χ0v) is 10.9. The molecule has 16 heavy (non-hydrogen) atoms. The van der Waals surface area contributed by atoms with Crippen LogP contribution in [0.3, 0.4) is 0 Å². The number of amides is 2. The number of halogens is 2. The van der Waals surface area contributed by atoms with Gasteiger partial charge in [0.05, 0.1) is 5.69 Å². The lowest BCUT2D eigenvalue weighted by molar-refractivity contribution is 0.240. The van der Waals surface area contributed by atoms with E-state index in [1.165, 1.54) is 6.42 Å². The molecule has 0 saturated heterocycles. The van der Waals surface area contributed by atoms with Crippen molar-refractivity contribution < 1.29 is 4.79 Å². The summed E-state index contributed by atoms with van der Waals surface area (Å²) < 4.78 is 0.781. The summed E-state index contributed by atoms with van der Waals surface area (Å²) in [6.07, 6.45) is 3.36. The Morgan fingerprint density at radius 3 is 2.75 bits per heavy atom. The van der Waals surface area contributed by atoms with Crippen molar-refractivity contribution in [2.24, 2.45) is 0 Å². The van der Waals surface area contributed by atoms with Crippen LogP contribution in [0.1, 0.15) is 19.3 Å². The van der Waals surface area contributed by atoms with Gasteiger partial charge in [0.1, 0.15) is 0 Å². The summed E-state index contributed by atoms with van der Waals surface area (Å²) >= 11 is 9.16. The summed E-state index contributed by atoms with van der Waals surface area (Å²) in [6, 6.07) is 5.44. The molecule has 2 amide bonds. The number of carbonyl (C=O) groups excluding carboxylic acids is 1. The maximum absolute atomic E-state index is 11.6. The van der Waals surface area contributed by atoms with E-state index < -0.39 is 0 Å². The molecule has 86 valence electrons. The molecule has 0 heterocycles. The first-order valence-corrected chi connectivity index (χ1v) is 6.35. The highest BCUT2D eigenvalue weighted by molar-refractivity contribution is 9.10. The molecular formula is C11H12BrClN2O. The van der Waals surface area contributed by atoms with E-state index in [0.717, 1.165) is 23.0 Å². The summed E-state index contributed by atoms with van der Waals surface area (Å²) in [4.78, 5) is 11.6. The Kier molecular flexibility index (Phi) is 3.71. The highest BCUT2D eigenvalue weighted by atomic mass is 79.9. The fourth-order valence-corrected chi connectivity index (χ4v) is 2.27. The third-order valence-corrected chi connectivity index (χ3v) is 3.51. The average Bonchev–Trinajstić information content (AvgIpc) is 2.16. The molecule has 0 unspecified atom stereocenters. The van der Waals surface area contributed by atoms with Crippen molar-refractivity contribution in [1.82, 2.24) is 5.32 Å². The maximum atomic E-state index is 11.6. The van der Waals surface area contributed by atoms with Gasteiger partial charge in [-0.3, -0.25) is 0 Å². The average molecular weight is 304 g/mol. The number of nitrogens with one attached hydrogen (secondary N) is 2. The summed E-state index contributed by atoms with van der Waals surface area (Å²) in [5.41, 5.74) is 0.723. The van der Waals surface area contributed by atoms with E-state index in [9.17, 15) is 4.79 Å². The number of urea groups is 1. The van der Waals surface area contributed by atoms with E-state index in [0.29, 0.717) is 11.1 Å². The molecule has 0 aromatic heterocycles. The van der Waals surface area contributed by atoms with E-state index in [2.05, 4.69) is 26.6 Å². The Morgan fingerprint density at radius 2 is 2.19 bits per heavy atom. The monoisotopic (exact) mass is 302 g/mol. The maximum Gasteiger partial charge on any atom is 0.319 e. The summed E-state index contributed by atoms with van der Waals surface area (Å²) in [6.45, 7) is 0. The van der Waals surface area contributed by atoms with Gasteiger partial charge in [-0.1, -0.05) is 11.6 Å². The van der Waals surface area contributed by atoms with Gasteiger partial charge in [-0.2, -0.15) is 0 Å². The van der Waals surface area contributed by atoms with Gasteiger partial charge in [0.15, 0.2) is 0 Å². The van der Waals surface area contributed by atoms with Crippen LogP contribution >= 0.6 is 27.5 Å². The molecule has 3 nitrogen and oxygen atoms in total. The van der Waals surface area contributed by atoms with E-state index in [1.807, 2.05) is 0 Å². The zero-order valence-electron chi connectivity index (χ0n) is 8.59. The fraction of sp³-hybridized carbons (Fsp3) is 0.364. The van der Waals surface area contributed by atoms with Crippen LogP contribution in [0.25, 0.3) is 0 Å². The van der Waals surface area contributed by atoms with E-state index in [-0.39, 0.29) is 6.03 Å². The highest BCUT2D eigenvalue weighted by Gasteiger charge is 2.19. The third kappa shape index (κ3) is 2.89. The van der Waals surface area contributed by atoms with Crippen molar-refractivity contribution in [2.75, 3.05) is 5.32 Å². The Balaban J connectivity index is 1.94. The summed E-state index contributed by atoms with van der Waals surface area (Å²) in [7, 11) is 0. The van der Waals surface area contributed by atoms with Gasteiger partial charge < -0.3 is 10.6 Å². The lowest BCUT2D eigenvalue weighted by Crippen LogP contribution is -2.41. The Morgan fingerprint density at radius 1 is 1.44 bits per heavy atom. The lowest BCUT2D eigenvalue weighted by Gasteiger charge is -2.26. The normalized spacial score (nSPS) is 15.4. The molecule has 1 saturated carbocycles. The minimum absolute atomic E-state index is 0.160. The lowest BCUT2D eigenvalue weighted by atomic mass is 9.93.